The molecule has 0 saturated heterocycles. The predicted octanol–water partition coefficient (Wildman–Crippen LogP) is 2.78. The molecule has 0 fully saturated rings. The van der Waals surface area contributed by atoms with Crippen molar-refractivity contribution < 1.29 is 14.8 Å². The van der Waals surface area contributed by atoms with Gasteiger partial charge in [0.15, 0.2) is 0 Å². The number of pyridine rings is 1. The highest BCUT2D eigenvalue weighted by Crippen LogP contribution is 2.24. The van der Waals surface area contributed by atoms with Crippen LogP contribution in [0.5, 0.6) is 0 Å². The number of fused-ring (bicyclic) bond motifs is 1. The number of benzene rings is 1. The van der Waals surface area contributed by atoms with Gasteiger partial charge in [-0.05, 0) is 18.2 Å². The van der Waals surface area contributed by atoms with Crippen LogP contribution in [-0.4, -0.2) is 39.1 Å². The van der Waals surface area contributed by atoms with Crippen molar-refractivity contribution in [2.75, 3.05) is 18.5 Å². The Bertz CT molecular complexity index is 951. The molecule has 25 heavy (non-hydrogen) atoms. The molecule has 2 aromatic heterocycles. The molecule has 0 saturated carbocycles. The van der Waals surface area contributed by atoms with E-state index in [1.54, 1.807) is 22.6 Å². The van der Waals surface area contributed by atoms with Crippen molar-refractivity contribution in [3.8, 4) is 0 Å². The number of nitro groups is 1. The van der Waals surface area contributed by atoms with Crippen LogP contribution in [0.25, 0.3) is 10.9 Å². The van der Waals surface area contributed by atoms with Crippen LogP contribution in [0.2, 0.25) is 0 Å². The Morgan fingerprint density at radius 3 is 2.80 bits per heavy atom. The zero-order valence-corrected chi connectivity index (χ0v) is 13.5. The van der Waals surface area contributed by atoms with E-state index in [9.17, 15) is 20.0 Å². The molecule has 0 aliphatic carbocycles. The largest absolute Gasteiger partial charge is 0.477 e. The van der Waals surface area contributed by atoms with Gasteiger partial charge in [-0.1, -0.05) is 18.2 Å². The summed E-state index contributed by atoms with van der Waals surface area (Å²) in [6.45, 7) is 0.732. The second-order valence-electron chi connectivity index (χ2n) is 5.57. The number of hydrogen-bond acceptors (Lipinski definition) is 5. The summed E-state index contributed by atoms with van der Waals surface area (Å²) in [5.41, 5.74) is 0.912. The minimum Gasteiger partial charge on any atom is -0.477 e. The third-order valence-electron chi connectivity index (χ3n) is 4.01. The lowest BCUT2D eigenvalue weighted by atomic mass is 10.2. The number of likely N-dealkylation sites (N-methyl/N-ethyl adjacent to an activating group) is 1. The minimum absolute atomic E-state index is 0.0826. The molecule has 0 atom stereocenters. The Morgan fingerprint density at radius 1 is 1.32 bits per heavy atom. The average molecular weight is 340 g/mol. The van der Waals surface area contributed by atoms with Crippen molar-refractivity contribution in [3.05, 3.63) is 64.5 Å². The van der Waals surface area contributed by atoms with Crippen molar-refractivity contribution in [3.63, 3.8) is 0 Å². The maximum absolute atomic E-state index is 11.5. The summed E-state index contributed by atoms with van der Waals surface area (Å²) in [5, 5.41) is 21.4. The van der Waals surface area contributed by atoms with Crippen LogP contribution >= 0.6 is 0 Å². The van der Waals surface area contributed by atoms with Gasteiger partial charge >= 0.3 is 11.7 Å². The van der Waals surface area contributed by atoms with E-state index in [0.717, 1.165) is 10.9 Å². The molecule has 0 aliphatic heterocycles. The smallest absolute Gasteiger partial charge is 0.352 e. The maximum atomic E-state index is 11.5. The number of para-hydroxylation sites is 1. The monoisotopic (exact) mass is 340 g/mol. The molecule has 3 rings (SSSR count). The molecule has 0 amide bonds. The molecule has 1 N–H and O–H groups in total. The number of carbonyl (C=O) groups is 1. The van der Waals surface area contributed by atoms with Gasteiger partial charge in [0.05, 0.1) is 4.92 Å². The molecule has 2 heterocycles. The number of carboxylic acid groups (broad SMARTS) is 1. The molecular weight excluding hydrogens is 324 g/mol. The SMILES string of the molecule is CN(CCn1c(C(=O)O)cc2ccccc21)c1ncccc1[N+](=O)[O-]. The normalized spacial score (nSPS) is 10.8. The van der Waals surface area contributed by atoms with E-state index < -0.39 is 10.9 Å². The molecule has 0 unspecified atom stereocenters. The highest BCUT2D eigenvalue weighted by Gasteiger charge is 2.19. The first kappa shape index (κ1) is 16.4. The predicted molar refractivity (Wildman–Crippen MR) is 93.1 cm³/mol. The fraction of sp³-hybridized carbons (Fsp3) is 0.176. The summed E-state index contributed by atoms with van der Waals surface area (Å²) in [5.74, 6) is -0.761. The zero-order chi connectivity index (χ0) is 18.0. The van der Waals surface area contributed by atoms with Gasteiger partial charge in [-0.3, -0.25) is 10.1 Å². The lowest BCUT2D eigenvalue weighted by molar-refractivity contribution is -0.384. The number of nitrogens with zero attached hydrogens (tertiary/aromatic N) is 4. The van der Waals surface area contributed by atoms with Crippen LogP contribution in [-0.2, 0) is 6.54 Å². The average Bonchev–Trinajstić information content (AvgIpc) is 2.98. The highest BCUT2D eigenvalue weighted by molar-refractivity contribution is 5.94. The standard InChI is InChI=1S/C17H16N4O4/c1-19(16-14(21(24)25)7-4-8-18-16)9-10-20-13-6-3-2-5-12(13)11-15(20)17(22)23/h2-8,11H,9-10H2,1H3,(H,22,23). The quantitative estimate of drug-likeness (QED) is 0.547. The van der Waals surface area contributed by atoms with E-state index in [1.165, 1.54) is 18.3 Å². The Hall–Kier alpha value is -3.42. The molecule has 0 radical (unpaired) electrons. The first-order valence-corrected chi connectivity index (χ1v) is 7.61. The van der Waals surface area contributed by atoms with Crippen molar-refractivity contribution in [1.82, 2.24) is 9.55 Å². The number of carboxylic acids is 1. The number of aromatic carboxylic acids is 1. The van der Waals surface area contributed by atoms with E-state index >= 15 is 0 Å². The topological polar surface area (TPSA) is 102 Å². The highest BCUT2D eigenvalue weighted by atomic mass is 16.6. The van der Waals surface area contributed by atoms with Gasteiger partial charge in [-0.15, -0.1) is 0 Å². The second kappa shape index (κ2) is 6.60. The summed E-state index contributed by atoms with van der Waals surface area (Å²) in [4.78, 5) is 27.9. The summed E-state index contributed by atoms with van der Waals surface area (Å²) < 4.78 is 1.70. The molecule has 8 nitrogen and oxygen atoms in total. The first-order chi connectivity index (χ1) is 12.0. The third kappa shape index (κ3) is 3.14. The Morgan fingerprint density at radius 2 is 2.08 bits per heavy atom. The number of rotatable bonds is 6. The van der Waals surface area contributed by atoms with Gasteiger partial charge in [0.2, 0.25) is 5.82 Å². The number of hydrogen-bond donors (Lipinski definition) is 1. The Labute approximate surface area is 143 Å². The van der Waals surface area contributed by atoms with Crippen molar-refractivity contribution in [1.29, 1.82) is 0 Å². The van der Waals surface area contributed by atoms with Gasteiger partial charge in [0, 0.05) is 43.3 Å². The fourth-order valence-corrected chi connectivity index (χ4v) is 2.81. The van der Waals surface area contributed by atoms with E-state index in [-0.39, 0.29) is 17.2 Å². The molecule has 128 valence electrons. The molecule has 1 aromatic carbocycles. The molecule has 0 spiro atoms. The van der Waals surface area contributed by atoms with Gasteiger partial charge < -0.3 is 14.6 Å². The Balaban J connectivity index is 1.89. The maximum Gasteiger partial charge on any atom is 0.352 e. The molecule has 0 bridgehead atoms. The summed E-state index contributed by atoms with van der Waals surface area (Å²) in [6.07, 6.45) is 1.49. The van der Waals surface area contributed by atoms with Crippen LogP contribution < -0.4 is 4.90 Å². The van der Waals surface area contributed by atoms with E-state index in [2.05, 4.69) is 4.98 Å². The van der Waals surface area contributed by atoms with Gasteiger partial charge in [-0.25, -0.2) is 9.78 Å². The lowest BCUT2D eigenvalue weighted by Crippen LogP contribution is -2.25. The van der Waals surface area contributed by atoms with Crippen LogP contribution in [0.3, 0.4) is 0 Å². The molecule has 8 heteroatoms. The summed E-state index contributed by atoms with van der Waals surface area (Å²) in [6, 6.07) is 11.9. The first-order valence-electron chi connectivity index (χ1n) is 7.61. The molecule has 0 aliphatic rings. The zero-order valence-electron chi connectivity index (χ0n) is 13.5. The van der Waals surface area contributed by atoms with Crippen molar-refractivity contribution >= 4 is 28.4 Å². The molecular formula is C17H16N4O4. The number of anilines is 1. The second-order valence-corrected chi connectivity index (χ2v) is 5.57. The lowest BCUT2D eigenvalue weighted by Gasteiger charge is -2.19. The van der Waals surface area contributed by atoms with Gasteiger partial charge in [0.1, 0.15) is 5.69 Å². The summed E-state index contributed by atoms with van der Waals surface area (Å²) in [7, 11) is 1.70. The van der Waals surface area contributed by atoms with Crippen LogP contribution in [0.15, 0.2) is 48.7 Å². The van der Waals surface area contributed by atoms with Crippen molar-refractivity contribution in [2.24, 2.45) is 0 Å². The molecule has 3 aromatic rings. The van der Waals surface area contributed by atoms with E-state index in [1.807, 2.05) is 24.3 Å². The Kier molecular flexibility index (Phi) is 4.34. The van der Waals surface area contributed by atoms with Crippen molar-refractivity contribution in [2.45, 2.75) is 6.54 Å². The van der Waals surface area contributed by atoms with Crippen LogP contribution in [0, 0.1) is 10.1 Å². The van der Waals surface area contributed by atoms with Crippen LogP contribution in [0.4, 0.5) is 11.5 Å². The number of aromatic nitrogens is 2. The minimum atomic E-state index is -1.01. The third-order valence-corrected chi connectivity index (χ3v) is 4.01. The fourth-order valence-electron chi connectivity index (χ4n) is 2.81. The van der Waals surface area contributed by atoms with Crippen LogP contribution in [0.1, 0.15) is 10.5 Å². The van der Waals surface area contributed by atoms with E-state index in [4.69, 9.17) is 0 Å². The van der Waals surface area contributed by atoms with Gasteiger partial charge in [-0.2, -0.15) is 0 Å². The van der Waals surface area contributed by atoms with Gasteiger partial charge in [0.25, 0.3) is 0 Å². The summed E-state index contributed by atoms with van der Waals surface area (Å²) >= 11 is 0. The van der Waals surface area contributed by atoms with E-state index in [0.29, 0.717) is 13.1 Å².